The molecule has 4 nitrogen and oxygen atoms in total. The van der Waals surface area contributed by atoms with Gasteiger partial charge in [-0.15, -0.1) is 0 Å². The van der Waals surface area contributed by atoms with Crippen LogP contribution in [0.1, 0.15) is 41.9 Å². The molecule has 2 aromatic rings. The third-order valence-electron chi connectivity index (χ3n) is 3.17. The molecule has 0 aliphatic rings. The number of benzene rings is 1. The van der Waals surface area contributed by atoms with E-state index in [0.29, 0.717) is 11.1 Å². The number of H-pyrrole nitrogens is 1. The topological polar surface area (TPSA) is 55.0 Å². The molecule has 1 aromatic heterocycles. The quantitative estimate of drug-likeness (QED) is 0.928. The van der Waals surface area contributed by atoms with Gasteiger partial charge in [0.05, 0.1) is 6.33 Å². The number of ether oxygens (including phenoxy) is 1. The number of aromatic amines is 1. The molecule has 0 aliphatic carbocycles. The fourth-order valence-electron chi connectivity index (χ4n) is 1.89. The smallest absolute Gasteiger partial charge is 0.294 e. The Hall–Kier alpha value is -2.31. The lowest BCUT2D eigenvalue weighted by Crippen LogP contribution is -2.13. The number of nitrogens with zero attached hydrogens (tertiary/aromatic N) is 1. The number of rotatable bonds is 4. The molecular weight excluding hydrogens is 297 g/mol. The Morgan fingerprint density at radius 2 is 2.00 bits per heavy atom. The molecule has 0 spiro atoms. The van der Waals surface area contributed by atoms with Gasteiger partial charge in [0.1, 0.15) is 17.6 Å². The fourth-order valence-corrected chi connectivity index (χ4v) is 1.89. The summed E-state index contributed by atoms with van der Waals surface area (Å²) in [7, 11) is 0. The minimum atomic E-state index is -2.71. The monoisotopic (exact) mass is 311 g/mol. The SMILES string of the molecule is [CH2]c1cc(C(F)F)cc(Oc2c(C(C)F)nc[nH]c2=O)c1C. The molecular formula is C15H14F3N2O2. The molecule has 1 heterocycles. The van der Waals surface area contributed by atoms with Gasteiger partial charge in [0.15, 0.2) is 0 Å². The summed E-state index contributed by atoms with van der Waals surface area (Å²) in [5.41, 5.74) is -0.368. The van der Waals surface area contributed by atoms with E-state index in [2.05, 4.69) is 16.9 Å². The van der Waals surface area contributed by atoms with E-state index in [4.69, 9.17) is 4.74 Å². The molecule has 0 fully saturated rings. The molecule has 0 bridgehead atoms. The van der Waals surface area contributed by atoms with Crippen molar-refractivity contribution in [2.45, 2.75) is 26.4 Å². The van der Waals surface area contributed by atoms with E-state index < -0.39 is 18.2 Å². The molecule has 0 saturated carbocycles. The average Bonchev–Trinajstić information content (AvgIpc) is 2.44. The van der Waals surface area contributed by atoms with E-state index in [9.17, 15) is 18.0 Å². The predicted octanol–water partition coefficient (Wildman–Crippen LogP) is 4.02. The lowest BCUT2D eigenvalue weighted by Gasteiger charge is -2.14. The van der Waals surface area contributed by atoms with Crippen LogP contribution in [0.25, 0.3) is 0 Å². The van der Waals surface area contributed by atoms with Crippen molar-refractivity contribution in [1.82, 2.24) is 9.97 Å². The van der Waals surface area contributed by atoms with E-state index in [1.807, 2.05) is 0 Å². The highest BCUT2D eigenvalue weighted by molar-refractivity contribution is 5.47. The summed E-state index contributed by atoms with van der Waals surface area (Å²) < 4.78 is 44.6. The summed E-state index contributed by atoms with van der Waals surface area (Å²) in [6.45, 7) is 6.46. The maximum absolute atomic E-state index is 13.5. The Bertz CT molecular complexity index is 742. The zero-order valence-electron chi connectivity index (χ0n) is 12.0. The molecule has 22 heavy (non-hydrogen) atoms. The Morgan fingerprint density at radius 3 is 2.59 bits per heavy atom. The van der Waals surface area contributed by atoms with E-state index in [1.54, 1.807) is 6.92 Å². The number of aromatic nitrogens is 2. The van der Waals surface area contributed by atoms with E-state index in [-0.39, 0.29) is 22.8 Å². The minimum Gasteiger partial charge on any atom is -0.449 e. The van der Waals surface area contributed by atoms with Crippen LogP contribution in [0, 0.1) is 13.8 Å². The summed E-state index contributed by atoms with van der Waals surface area (Å²) in [6.07, 6.45) is -3.21. The van der Waals surface area contributed by atoms with Crippen LogP contribution in [-0.4, -0.2) is 9.97 Å². The summed E-state index contributed by atoms with van der Waals surface area (Å²) in [4.78, 5) is 17.8. The van der Waals surface area contributed by atoms with Crippen LogP contribution in [-0.2, 0) is 0 Å². The summed E-state index contributed by atoms with van der Waals surface area (Å²) in [6, 6.07) is 2.34. The molecule has 117 valence electrons. The van der Waals surface area contributed by atoms with Crippen LogP contribution in [0.15, 0.2) is 23.3 Å². The first kappa shape index (κ1) is 16.1. The van der Waals surface area contributed by atoms with E-state index in [1.165, 1.54) is 13.0 Å². The first-order valence-corrected chi connectivity index (χ1v) is 6.45. The van der Waals surface area contributed by atoms with Crippen LogP contribution in [0.4, 0.5) is 13.2 Å². The van der Waals surface area contributed by atoms with Gasteiger partial charge >= 0.3 is 0 Å². The number of hydrogen-bond acceptors (Lipinski definition) is 3. The molecule has 2 rings (SSSR count). The zero-order valence-corrected chi connectivity index (χ0v) is 12.0. The molecule has 1 radical (unpaired) electrons. The van der Waals surface area contributed by atoms with Crippen LogP contribution < -0.4 is 10.3 Å². The summed E-state index contributed by atoms with van der Waals surface area (Å²) in [5, 5.41) is 0. The van der Waals surface area contributed by atoms with Gasteiger partial charge in [0.2, 0.25) is 5.75 Å². The van der Waals surface area contributed by atoms with Gasteiger partial charge in [0.25, 0.3) is 12.0 Å². The normalized spacial score (nSPS) is 12.5. The molecule has 1 N–H and O–H groups in total. The van der Waals surface area contributed by atoms with Crippen molar-refractivity contribution in [3.63, 3.8) is 0 Å². The van der Waals surface area contributed by atoms with Gasteiger partial charge in [-0.1, -0.05) is 0 Å². The lowest BCUT2D eigenvalue weighted by atomic mass is 10.1. The molecule has 0 aliphatic heterocycles. The van der Waals surface area contributed by atoms with Crippen molar-refractivity contribution in [3.05, 3.63) is 58.1 Å². The van der Waals surface area contributed by atoms with Crippen LogP contribution in [0.3, 0.4) is 0 Å². The largest absolute Gasteiger partial charge is 0.449 e. The highest BCUT2D eigenvalue weighted by atomic mass is 19.3. The standard InChI is InChI=1S/C15H14F3N2O2/c1-7-4-10(14(17)18)5-11(8(7)2)22-13-12(9(3)16)19-6-20-15(13)21/h4-6,9,14H,1H2,2-3H3,(H,19,20,21). The second-order valence-electron chi connectivity index (χ2n) is 4.77. The Morgan fingerprint density at radius 1 is 1.32 bits per heavy atom. The number of nitrogens with one attached hydrogen (secondary N) is 1. The number of alkyl halides is 3. The van der Waals surface area contributed by atoms with Gasteiger partial charge in [-0.3, -0.25) is 4.79 Å². The fraction of sp³-hybridized carbons (Fsp3) is 0.267. The van der Waals surface area contributed by atoms with Crippen LogP contribution in [0.2, 0.25) is 0 Å². The van der Waals surface area contributed by atoms with Crippen LogP contribution in [0.5, 0.6) is 11.5 Å². The molecule has 1 atom stereocenters. The zero-order chi connectivity index (χ0) is 16.4. The molecule has 1 aromatic carbocycles. The van der Waals surface area contributed by atoms with Crippen molar-refractivity contribution in [2.24, 2.45) is 0 Å². The number of halogens is 3. The van der Waals surface area contributed by atoms with Crippen molar-refractivity contribution in [1.29, 1.82) is 0 Å². The molecule has 7 heteroatoms. The van der Waals surface area contributed by atoms with Crippen molar-refractivity contribution in [3.8, 4) is 11.5 Å². The van der Waals surface area contributed by atoms with Crippen molar-refractivity contribution in [2.75, 3.05) is 0 Å². The average molecular weight is 311 g/mol. The molecule has 0 saturated heterocycles. The molecule has 1 unspecified atom stereocenters. The first-order valence-electron chi connectivity index (χ1n) is 6.45. The van der Waals surface area contributed by atoms with Gasteiger partial charge in [-0.2, -0.15) is 0 Å². The Kier molecular flexibility index (Phi) is 4.54. The minimum absolute atomic E-state index is 0.0169. The Balaban J connectivity index is 2.54. The Labute approximate surface area is 125 Å². The van der Waals surface area contributed by atoms with Gasteiger partial charge in [-0.25, -0.2) is 18.2 Å². The summed E-state index contributed by atoms with van der Waals surface area (Å²) in [5.74, 6) is -0.338. The second kappa shape index (κ2) is 6.21. The predicted molar refractivity (Wildman–Crippen MR) is 75.0 cm³/mol. The van der Waals surface area contributed by atoms with Crippen molar-refractivity contribution < 1.29 is 17.9 Å². The maximum Gasteiger partial charge on any atom is 0.294 e. The maximum atomic E-state index is 13.5. The van der Waals surface area contributed by atoms with Gasteiger partial charge in [-0.05, 0) is 44.0 Å². The molecule has 0 amide bonds. The highest BCUT2D eigenvalue weighted by Gasteiger charge is 2.19. The third kappa shape index (κ3) is 3.13. The van der Waals surface area contributed by atoms with Gasteiger partial charge < -0.3 is 9.72 Å². The van der Waals surface area contributed by atoms with Crippen molar-refractivity contribution >= 4 is 0 Å². The third-order valence-corrected chi connectivity index (χ3v) is 3.17. The second-order valence-corrected chi connectivity index (χ2v) is 4.77. The first-order chi connectivity index (χ1) is 10.3. The highest BCUT2D eigenvalue weighted by Crippen LogP contribution is 2.33. The summed E-state index contributed by atoms with van der Waals surface area (Å²) >= 11 is 0. The van der Waals surface area contributed by atoms with E-state index >= 15 is 0 Å². The lowest BCUT2D eigenvalue weighted by molar-refractivity contribution is 0.151. The van der Waals surface area contributed by atoms with Gasteiger partial charge in [0, 0.05) is 5.56 Å². The van der Waals surface area contributed by atoms with Crippen LogP contribution >= 0.6 is 0 Å². The number of hydrogen-bond donors (Lipinski definition) is 1. The van der Waals surface area contributed by atoms with E-state index in [0.717, 1.165) is 12.4 Å².